The molecule has 0 fully saturated rings. The van der Waals surface area contributed by atoms with Gasteiger partial charge in [0.05, 0.1) is 9.79 Å². The van der Waals surface area contributed by atoms with E-state index < -0.39 is 20.2 Å². The van der Waals surface area contributed by atoms with E-state index in [4.69, 9.17) is 0 Å². The quantitative estimate of drug-likeness (QED) is 0.0247. The van der Waals surface area contributed by atoms with Crippen LogP contribution in [0.15, 0.2) is 70.5 Å². The summed E-state index contributed by atoms with van der Waals surface area (Å²) in [5.74, 6) is 0. The topological polar surface area (TPSA) is 114 Å². The van der Waals surface area contributed by atoms with Crippen molar-refractivity contribution in [2.24, 2.45) is 0 Å². The number of hydrogen-bond donors (Lipinski definition) is 0. The van der Waals surface area contributed by atoms with Crippen LogP contribution in [0.25, 0.3) is 21.5 Å². The Morgan fingerprint density at radius 3 is 0.671 bits per heavy atom. The Morgan fingerprint density at radius 2 is 0.459 bits per heavy atom. The summed E-state index contributed by atoms with van der Waals surface area (Å²) in [5, 5.41) is 4.00. The summed E-state index contributed by atoms with van der Waals surface area (Å²) >= 11 is 0. The van der Waals surface area contributed by atoms with Crippen LogP contribution >= 0.6 is 0 Å². The van der Waals surface area contributed by atoms with E-state index in [-0.39, 0.29) is 47.5 Å². The van der Waals surface area contributed by atoms with Crippen molar-refractivity contribution in [3.8, 4) is 0 Å². The Morgan fingerprint density at radius 1 is 0.259 bits per heavy atom. The van der Waals surface area contributed by atoms with Gasteiger partial charge in [-0.2, -0.15) is 0 Å². The van der Waals surface area contributed by atoms with Gasteiger partial charge >= 0.3 is 37.7 Å². The molecule has 6 nitrogen and oxygen atoms in total. The SMILES string of the molecule is CCCCCCCCCCCCCCc1cc(CCCCCCCCCCCCCC)c2cc(S(=O)(=O)[O-])ccc2c1.CCCCCCCCCCCCCCc1cc(CCCCCCCCCCCCCC)c2cc(S(=O)(=O)[O-])ccc2c1.[Ca+2]. The van der Waals surface area contributed by atoms with Crippen LogP contribution in [0.3, 0.4) is 0 Å². The van der Waals surface area contributed by atoms with Gasteiger partial charge in [0.2, 0.25) is 0 Å². The Hall–Kier alpha value is -1.52. The Labute approximate surface area is 555 Å². The molecule has 0 aliphatic carbocycles. The van der Waals surface area contributed by atoms with Crippen molar-refractivity contribution in [2.75, 3.05) is 0 Å². The maximum absolute atomic E-state index is 11.7. The Kier molecular flexibility index (Phi) is 48.8. The summed E-state index contributed by atoms with van der Waals surface area (Å²) in [7, 11) is -8.91. The maximum Gasteiger partial charge on any atom is 2.00 e. The van der Waals surface area contributed by atoms with Crippen molar-refractivity contribution in [3.05, 3.63) is 82.9 Å². The molecular weight excluding hydrogens is 1110 g/mol. The summed E-state index contributed by atoms with van der Waals surface area (Å²) in [6.07, 6.45) is 68.3. The van der Waals surface area contributed by atoms with Crippen molar-refractivity contribution in [1.82, 2.24) is 0 Å². The first-order chi connectivity index (χ1) is 40.9. The number of hydrogen-bond acceptors (Lipinski definition) is 6. The van der Waals surface area contributed by atoms with E-state index in [2.05, 4.69) is 52.0 Å². The fraction of sp³-hybridized carbons (Fsp3) is 0.737. The van der Waals surface area contributed by atoms with Gasteiger partial charge in [0, 0.05) is 0 Å². The van der Waals surface area contributed by atoms with Crippen molar-refractivity contribution < 1.29 is 25.9 Å². The number of aryl methyl sites for hydroxylation is 4. The van der Waals surface area contributed by atoms with Crippen LogP contribution in [0.4, 0.5) is 0 Å². The standard InChI is InChI=1S/2C38H64O3S.Ca/c2*1-3-5-7-9-11-13-15-17-19-21-23-25-27-34-31-35(38-33-37(42(39,40)41)30-29-36(38)32-34)28-26-24-22-20-18-16-14-12-10-8-6-4-2;/h2*29-33H,3-28H2,1-2H3,(H,39,40,41);/q;;+2/p-2. The van der Waals surface area contributed by atoms with Crippen LogP contribution < -0.4 is 0 Å². The van der Waals surface area contributed by atoms with Crippen molar-refractivity contribution in [3.63, 3.8) is 0 Å². The molecule has 0 saturated carbocycles. The number of fused-ring (bicyclic) bond motifs is 2. The van der Waals surface area contributed by atoms with Crippen LogP contribution in [-0.4, -0.2) is 63.7 Å². The normalized spacial score (nSPS) is 11.8. The molecular formula is C76H126CaO6S2. The summed E-state index contributed by atoms with van der Waals surface area (Å²) in [5.41, 5.74) is 5.11. The van der Waals surface area contributed by atoms with E-state index in [0.29, 0.717) is 0 Å². The first-order valence-corrected chi connectivity index (χ1v) is 38.8. The number of unbranched alkanes of at least 4 members (excludes halogenated alkanes) is 44. The molecule has 4 aromatic carbocycles. The molecule has 0 aliphatic heterocycles. The van der Waals surface area contributed by atoms with Crippen molar-refractivity contribution in [2.45, 2.75) is 371 Å². The molecule has 0 saturated heterocycles. The Bertz CT molecular complexity index is 2300. The summed E-state index contributed by atoms with van der Waals surface area (Å²) in [6, 6.07) is 18.8. The largest absolute Gasteiger partial charge is 2.00 e. The first kappa shape index (κ1) is 79.6. The minimum Gasteiger partial charge on any atom is -0.744 e. The minimum absolute atomic E-state index is 0. The van der Waals surface area contributed by atoms with Crippen LogP contribution in [0.2, 0.25) is 0 Å². The van der Waals surface area contributed by atoms with Gasteiger partial charge in [-0.3, -0.25) is 0 Å². The van der Waals surface area contributed by atoms with E-state index in [1.54, 1.807) is 12.1 Å². The molecule has 9 heteroatoms. The third-order valence-corrected chi connectivity index (χ3v) is 19.6. The van der Waals surface area contributed by atoms with Crippen LogP contribution in [0.1, 0.15) is 358 Å². The van der Waals surface area contributed by atoms with Crippen LogP contribution in [-0.2, 0) is 45.9 Å². The van der Waals surface area contributed by atoms with Crippen LogP contribution in [0, 0.1) is 0 Å². The number of benzene rings is 4. The molecule has 0 unspecified atom stereocenters. The second-order valence-corrected chi connectivity index (χ2v) is 28.5. The zero-order valence-electron chi connectivity index (χ0n) is 55.5. The molecule has 0 aliphatic rings. The monoisotopic (exact) mass is 1240 g/mol. The van der Waals surface area contributed by atoms with E-state index in [9.17, 15) is 25.9 Å². The van der Waals surface area contributed by atoms with Gasteiger partial charge < -0.3 is 9.11 Å². The average molecular weight is 1240 g/mol. The van der Waals surface area contributed by atoms with Gasteiger partial charge in [-0.05, 0) is 119 Å². The van der Waals surface area contributed by atoms with Crippen molar-refractivity contribution in [1.29, 1.82) is 0 Å². The summed E-state index contributed by atoms with van der Waals surface area (Å²) in [6.45, 7) is 9.10. The van der Waals surface area contributed by atoms with Gasteiger partial charge in [-0.1, -0.05) is 347 Å². The van der Waals surface area contributed by atoms with E-state index in [1.165, 1.54) is 330 Å². The fourth-order valence-corrected chi connectivity index (χ4v) is 13.6. The molecule has 0 heterocycles. The molecule has 0 spiro atoms. The molecule has 0 atom stereocenters. The predicted octanol–water partition coefficient (Wildman–Crippen LogP) is 24.1. The molecule has 480 valence electrons. The Balaban J connectivity index is 0.000000573. The smallest absolute Gasteiger partial charge is 0.744 e. The zero-order valence-corrected chi connectivity index (χ0v) is 59.4. The molecule has 0 bridgehead atoms. The molecule has 0 amide bonds. The molecule has 4 aromatic rings. The van der Waals surface area contributed by atoms with Gasteiger partial charge in [0.15, 0.2) is 0 Å². The fourth-order valence-electron chi connectivity index (χ4n) is 12.6. The predicted molar refractivity (Wildman–Crippen MR) is 369 cm³/mol. The molecule has 4 rings (SSSR count). The van der Waals surface area contributed by atoms with Gasteiger partial charge in [-0.25, -0.2) is 16.8 Å². The zero-order chi connectivity index (χ0) is 60.6. The maximum atomic E-state index is 11.7. The molecule has 0 N–H and O–H groups in total. The third-order valence-electron chi connectivity index (χ3n) is 18.0. The van der Waals surface area contributed by atoms with Gasteiger partial charge in [-0.15, -0.1) is 0 Å². The van der Waals surface area contributed by atoms with E-state index in [0.717, 1.165) is 60.1 Å². The van der Waals surface area contributed by atoms with Gasteiger partial charge in [0.25, 0.3) is 0 Å². The van der Waals surface area contributed by atoms with Crippen molar-refractivity contribution >= 4 is 79.5 Å². The van der Waals surface area contributed by atoms with Crippen LogP contribution in [0.5, 0.6) is 0 Å². The molecule has 0 radical (unpaired) electrons. The van der Waals surface area contributed by atoms with E-state index >= 15 is 0 Å². The molecule has 85 heavy (non-hydrogen) atoms. The summed E-state index contributed by atoms with van der Waals surface area (Å²) < 4.78 is 70.3. The average Bonchev–Trinajstić information content (AvgIpc) is 2.09. The van der Waals surface area contributed by atoms with E-state index in [1.807, 2.05) is 12.1 Å². The third kappa shape index (κ3) is 39.4. The second kappa shape index (κ2) is 52.1. The van der Waals surface area contributed by atoms with Gasteiger partial charge in [0.1, 0.15) is 20.2 Å². The molecule has 0 aromatic heterocycles. The number of rotatable bonds is 54. The minimum atomic E-state index is -4.45. The first-order valence-electron chi connectivity index (χ1n) is 35.9. The summed E-state index contributed by atoms with van der Waals surface area (Å²) in [4.78, 5) is -0.223. The second-order valence-electron chi connectivity index (χ2n) is 25.7.